The molecule has 0 bridgehead atoms. The van der Waals surface area contributed by atoms with Crippen molar-refractivity contribution in [2.75, 3.05) is 0 Å². The van der Waals surface area contributed by atoms with Gasteiger partial charge in [0.05, 0.1) is 0 Å². The van der Waals surface area contributed by atoms with Gasteiger partial charge in [-0.05, 0) is 0 Å². The Labute approximate surface area is 113 Å². The Morgan fingerprint density at radius 3 is 1.88 bits per heavy atom. The third-order valence-corrected chi connectivity index (χ3v) is 13.0. The second-order valence-electron chi connectivity index (χ2n) is 5.60. The van der Waals surface area contributed by atoms with Gasteiger partial charge in [-0.3, -0.25) is 0 Å². The fourth-order valence-corrected chi connectivity index (χ4v) is 11.0. The van der Waals surface area contributed by atoms with E-state index in [1.165, 1.54) is 0 Å². The van der Waals surface area contributed by atoms with Crippen LogP contribution in [0.25, 0.3) is 0 Å². The molecule has 1 rings (SSSR count). The number of carbonyl (C=O) groups is 1. The zero-order valence-electron chi connectivity index (χ0n) is 11.7. The van der Waals surface area contributed by atoms with Gasteiger partial charge in [0.25, 0.3) is 0 Å². The molecule has 1 aliphatic heterocycles. The Kier molecular flexibility index (Phi) is 5.81. The van der Waals surface area contributed by atoms with Crippen LogP contribution in [0.3, 0.4) is 0 Å². The average molecular weight is 345 g/mol. The Balaban J connectivity index is 2.95. The van der Waals surface area contributed by atoms with E-state index < -0.39 is 19.7 Å². The molecule has 0 aromatic heterocycles. The zero-order valence-corrected chi connectivity index (χ0v) is 14.6. The van der Waals surface area contributed by atoms with Gasteiger partial charge in [-0.1, -0.05) is 0 Å². The summed E-state index contributed by atoms with van der Waals surface area (Å²) in [5.74, 6) is 0.395. The quantitative estimate of drug-likeness (QED) is 0.678. The Morgan fingerprint density at radius 2 is 1.59 bits per heavy atom. The molecule has 1 saturated heterocycles. The summed E-state index contributed by atoms with van der Waals surface area (Å²) in [4.78, 5) is 12.5. The molecular weight excluding hydrogens is 319 g/mol. The van der Waals surface area contributed by atoms with Crippen LogP contribution in [0, 0.1) is 5.92 Å². The summed E-state index contributed by atoms with van der Waals surface area (Å²) in [6.07, 6.45) is 6.10. The molecule has 0 saturated carbocycles. The van der Waals surface area contributed by atoms with Gasteiger partial charge >= 0.3 is 113 Å². The molecular formula is C14H26O2Sn. The molecule has 1 aliphatic rings. The van der Waals surface area contributed by atoms with E-state index in [1.54, 1.807) is 0 Å². The molecule has 0 aromatic carbocycles. The molecule has 98 valence electrons. The Bertz CT molecular complexity index is 269. The summed E-state index contributed by atoms with van der Waals surface area (Å²) in [7, 11) is 0. The molecule has 17 heavy (non-hydrogen) atoms. The van der Waals surface area contributed by atoms with Crippen LogP contribution in [-0.4, -0.2) is 25.5 Å². The number of rotatable bonds is 6. The third-order valence-electron chi connectivity index (χ3n) is 4.43. The van der Waals surface area contributed by atoms with Crippen LogP contribution in [0.5, 0.6) is 0 Å². The van der Waals surface area contributed by atoms with Crippen molar-refractivity contribution >= 4 is 25.5 Å². The topological polar surface area (TPSA) is 34.1 Å². The first-order chi connectivity index (χ1) is 8.01. The van der Waals surface area contributed by atoms with E-state index in [0.717, 1.165) is 38.5 Å². The normalized spacial score (nSPS) is 27.8. The molecule has 0 aromatic rings. The van der Waals surface area contributed by atoms with Crippen LogP contribution in [-0.2, 0) is 7.87 Å². The molecule has 2 nitrogen and oxygen atoms in total. The van der Waals surface area contributed by atoms with Crippen LogP contribution < -0.4 is 0 Å². The zero-order chi connectivity index (χ0) is 13.1. The number of ketones is 1. The summed E-state index contributed by atoms with van der Waals surface area (Å²) in [6, 6.07) is 0. The number of carbonyl (C=O) groups excluding carboxylic acids is 1. The van der Waals surface area contributed by atoms with E-state index in [4.69, 9.17) is 0 Å². The Morgan fingerprint density at radius 1 is 1.12 bits per heavy atom. The first kappa shape index (κ1) is 15.3. The van der Waals surface area contributed by atoms with Crippen molar-refractivity contribution in [1.82, 2.24) is 0 Å². The third kappa shape index (κ3) is 2.82. The van der Waals surface area contributed by atoms with Crippen LogP contribution >= 0.6 is 0 Å². The monoisotopic (exact) mass is 346 g/mol. The molecule has 2 atom stereocenters. The Hall–Kier alpha value is 0.269. The molecule has 1 fully saturated rings. The number of Topliss-reactive ketones (excluding diaryl/α,β-unsaturated/α-hetero) is 1. The predicted molar refractivity (Wildman–Crippen MR) is 71.8 cm³/mol. The van der Waals surface area contributed by atoms with E-state index in [-0.39, 0.29) is 13.3 Å². The van der Waals surface area contributed by atoms with Crippen molar-refractivity contribution in [1.29, 1.82) is 0 Å². The van der Waals surface area contributed by atoms with Gasteiger partial charge in [0.1, 0.15) is 0 Å². The van der Waals surface area contributed by atoms with Gasteiger partial charge in [-0.2, -0.15) is 0 Å². The summed E-state index contributed by atoms with van der Waals surface area (Å²) < 4.78 is 12.6. The summed E-state index contributed by atoms with van der Waals surface area (Å²) in [5.41, 5.74) is 0. The molecule has 3 heteroatoms. The SMILES string of the molecule is CCCC[C]1(CCCC)C(=O)C(C)[CH](C)[Sn]1=[O]. The standard InChI is InChI=1S/C14H26O.O.Sn/c1-5-8-10-13(11-9-6-2)14(15)12(4)7-3;;/h7,12H,5-6,8-11H2,1-4H3;;. The number of unbranched alkanes of at least 4 members (excludes halogenated alkanes) is 2. The summed E-state index contributed by atoms with van der Waals surface area (Å²) >= 11 is -2.79. The first-order valence-electron chi connectivity index (χ1n) is 7.09. The van der Waals surface area contributed by atoms with Crippen LogP contribution in [0.2, 0.25) is 7.36 Å². The fourth-order valence-electron chi connectivity index (χ4n) is 3.02. The van der Waals surface area contributed by atoms with Gasteiger partial charge in [0.15, 0.2) is 0 Å². The van der Waals surface area contributed by atoms with Gasteiger partial charge in [0.2, 0.25) is 0 Å². The number of hydrogen-bond donors (Lipinski definition) is 0. The van der Waals surface area contributed by atoms with Crippen LogP contribution in [0.1, 0.15) is 66.2 Å². The molecule has 0 amide bonds. The van der Waals surface area contributed by atoms with Gasteiger partial charge < -0.3 is 0 Å². The van der Waals surface area contributed by atoms with Gasteiger partial charge in [-0.25, -0.2) is 0 Å². The molecule has 0 aliphatic carbocycles. The molecule has 2 unspecified atom stereocenters. The average Bonchev–Trinajstić information content (AvgIpc) is 2.49. The van der Waals surface area contributed by atoms with Crippen molar-refractivity contribution in [2.45, 2.75) is 73.6 Å². The van der Waals surface area contributed by atoms with E-state index in [1.807, 2.05) is 13.8 Å². The van der Waals surface area contributed by atoms with Crippen molar-refractivity contribution in [3.63, 3.8) is 0 Å². The van der Waals surface area contributed by atoms with Crippen molar-refractivity contribution in [3.8, 4) is 0 Å². The summed E-state index contributed by atoms with van der Waals surface area (Å²) in [6.45, 7) is 8.33. The molecule has 1 heterocycles. The second kappa shape index (κ2) is 6.44. The van der Waals surface area contributed by atoms with E-state index in [9.17, 15) is 7.87 Å². The first-order valence-corrected chi connectivity index (χ1v) is 11.3. The van der Waals surface area contributed by atoms with E-state index in [0.29, 0.717) is 5.78 Å². The van der Waals surface area contributed by atoms with Crippen molar-refractivity contribution in [3.05, 3.63) is 0 Å². The molecule has 0 N–H and O–H groups in total. The molecule has 0 spiro atoms. The van der Waals surface area contributed by atoms with Crippen molar-refractivity contribution in [2.24, 2.45) is 5.92 Å². The second-order valence-corrected chi connectivity index (χ2v) is 13.0. The van der Waals surface area contributed by atoms with Crippen LogP contribution in [0.4, 0.5) is 0 Å². The van der Waals surface area contributed by atoms with Crippen LogP contribution in [0.15, 0.2) is 0 Å². The minimum absolute atomic E-state index is 0.0515. The maximum absolute atomic E-state index is 12.7. The summed E-state index contributed by atoms with van der Waals surface area (Å²) in [5, 5.41) is 0. The van der Waals surface area contributed by atoms with E-state index >= 15 is 0 Å². The maximum atomic E-state index is 12.7. The van der Waals surface area contributed by atoms with Gasteiger partial charge in [0, 0.05) is 0 Å². The van der Waals surface area contributed by atoms with Crippen molar-refractivity contribution < 1.29 is 7.87 Å². The fraction of sp³-hybridized carbons (Fsp3) is 0.929. The van der Waals surface area contributed by atoms with Gasteiger partial charge in [-0.15, -0.1) is 0 Å². The molecule has 0 radical (unpaired) electrons. The minimum atomic E-state index is -2.79. The number of hydrogen-bond acceptors (Lipinski definition) is 2. The predicted octanol–water partition coefficient (Wildman–Crippen LogP) is 4.14. The van der Waals surface area contributed by atoms with E-state index in [2.05, 4.69) is 13.8 Å².